The molecular formula is C19H28N2O3. The molecule has 0 saturated carbocycles. The van der Waals surface area contributed by atoms with E-state index in [1.165, 1.54) is 0 Å². The summed E-state index contributed by atoms with van der Waals surface area (Å²) in [5.41, 5.74) is 1.06. The molecule has 1 unspecified atom stereocenters. The molecule has 0 radical (unpaired) electrons. The Hall–Kier alpha value is -1.88. The number of likely N-dealkylation sites (tertiary alicyclic amines) is 1. The van der Waals surface area contributed by atoms with Crippen LogP contribution < -0.4 is 5.32 Å². The Morgan fingerprint density at radius 1 is 1.29 bits per heavy atom. The SMILES string of the molecule is CCOCCCNC(=O)C1CCCCC(=O)N1Cc1ccccc1. The first-order chi connectivity index (χ1) is 11.7. The molecule has 1 fully saturated rings. The lowest BCUT2D eigenvalue weighted by atomic mass is 10.1. The van der Waals surface area contributed by atoms with Gasteiger partial charge in [0.1, 0.15) is 6.04 Å². The van der Waals surface area contributed by atoms with Gasteiger partial charge in [-0.1, -0.05) is 36.8 Å². The van der Waals surface area contributed by atoms with Crippen molar-refractivity contribution in [1.82, 2.24) is 10.2 Å². The van der Waals surface area contributed by atoms with Gasteiger partial charge in [-0.05, 0) is 31.7 Å². The van der Waals surface area contributed by atoms with Gasteiger partial charge in [-0.2, -0.15) is 0 Å². The largest absolute Gasteiger partial charge is 0.382 e. The Bertz CT molecular complexity index is 519. The normalized spacial score (nSPS) is 18.3. The highest BCUT2D eigenvalue weighted by molar-refractivity contribution is 5.88. The predicted octanol–water partition coefficient (Wildman–Crippen LogP) is 2.50. The van der Waals surface area contributed by atoms with Gasteiger partial charge in [-0.25, -0.2) is 0 Å². The summed E-state index contributed by atoms with van der Waals surface area (Å²) in [5, 5.41) is 2.96. The predicted molar refractivity (Wildman–Crippen MR) is 93.4 cm³/mol. The first-order valence-electron chi connectivity index (χ1n) is 8.91. The lowest BCUT2D eigenvalue weighted by Crippen LogP contribution is -2.48. The van der Waals surface area contributed by atoms with Crippen molar-refractivity contribution in [2.75, 3.05) is 19.8 Å². The molecule has 2 amide bonds. The van der Waals surface area contributed by atoms with E-state index in [1.54, 1.807) is 4.90 Å². The molecule has 1 atom stereocenters. The van der Waals surface area contributed by atoms with Crippen LogP contribution in [0.3, 0.4) is 0 Å². The highest BCUT2D eigenvalue weighted by atomic mass is 16.5. The summed E-state index contributed by atoms with van der Waals surface area (Å²) in [7, 11) is 0. The first-order valence-corrected chi connectivity index (χ1v) is 8.91. The van der Waals surface area contributed by atoms with Gasteiger partial charge in [-0.15, -0.1) is 0 Å². The number of nitrogens with zero attached hydrogens (tertiary/aromatic N) is 1. The third-order valence-corrected chi connectivity index (χ3v) is 4.28. The quantitative estimate of drug-likeness (QED) is 0.744. The number of hydrogen-bond acceptors (Lipinski definition) is 3. The first kappa shape index (κ1) is 18.5. The zero-order chi connectivity index (χ0) is 17.2. The third kappa shape index (κ3) is 5.64. The molecule has 2 rings (SSSR count). The smallest absolute Gasteiger partial charge is 0.242 e. The summed E-state index contributed by atoms with van der Waals surface area (Å²) in [6, 6.07) is 9.49. The standard InChI is InChI=1S/C19H28N2O3/c1-2-24-14-8-13-20-19(23)17-11-6-7-12-18(22)21(17)15-16-9-4-3-5-10-16/h3-5,9-10,17H,2,6-8,11-15H2,1H3,(H,20,23). The number of carbonyl (C=O) groups excluding carboxylic acids is 2. The summed E-state index contributed by atoms with van der Waals surface area (Å²) in [6.45, 7) is 4.38. The van der Waals surface area contributed by atoms with Gasteiger partial charge >= 0.3 is 0 Å². The monoisotopic (exact) mass is 332 g/mol. The van der Waals surface area contributed by atoms with Gasteiger partial charge in [0.05, 0.1) is 0 Å². The molecule has 0 aromatic heterocycles. The fourth-order valence-corrected chi connectivity index (χ4v) is 2.99. The average Bonchev–Trinajstić information content (AvgIpc) is 2.78. The maximum absolute atomic E-state index is 12.6. The van der Waals surface area contributed by atoms with E-state index in [0.29, 0.717) is 32.7 Å². The van der Waals surface area contributed by atoms with Gasteiger partial charge in [0.15, 0.2) is 0 Å². The van der Waals surface area contributed by atoms with E-state index in [1.807, 2.05) is 37.3 Å². The molecule has 1 aromatic carbocycles. The van der Waals surface area contributed by atoms with Gasteiger partial charge in [-0.3, -0.25) is 9.59 Å². The van der Waals surface area contributed by atoms with Crippen LogP contribution in [0.15, 0.2) is 30.3 Å². The van der Waals surface area contributed by atoms with Crippen molar-refractivity contribution in [1.29, 1.82) is 0 Å². The molecule has 1 heterocycles. The van der Waals surface area contributed by atoms with Crippen LogP contribution in [0.4, 0.5) is 0 Å². The van der Waals surface area contributed by atoms with E-state index in [0.717, 1.165) is 31.2 Å². The van der Waals surface area contributed by atoms with Crippen molar-refractivity contribution in [3.8, 4) is 0 Å². The molecule has 0 aliphatic carbocycles. The maximum atomic E-state index is 12.6. The van der Waals surface area contributed by atoms with E-state index in [9.17, 15) is 9.59 Å². The Kier molecular flexibility index (Phi) is 7.75. The minimum Gasteiger partial charge on any atom is -0.382 e. The molecule has 5 heteroatoms. The topological polar surface area (TPSA) is 58.6 Å². The zero-order valence-electron chi connectivity index (χ0n) is 14.5. The molecule has 24 heavy (non-hydrogen) atoms. The molecule has 1 aliphatic rings. The maximum Gasteiger partial charge on any atom is 0.242 e. The molecule has 1 aromatic rings. The Morgan fingerprint density at radius 2 is 2.08 bits per heavy atom. The summed E-state index contributed by atoms with van der Waals surface area (Å²) in [4.78, 5) is 26.8. The van der Waals surface area contributed by atoms with E-state index >= 15 is 0 Å². The molecule has 132 valence electrons. The molecule has 1 N–H and O–H groups in total. The van der Waals surface area contributed by atoms with Crippen LogP contribution in [0.1, 0.15) is 44.6 Å². The van der Waals surface area contributed by atoms with Crippen LogP contribution in [0.2, 0.25) is 0 Å². The van der Waals surface area contributed by atoms with Crippen molar-refractivity contribution in [3.05, 3.63) is 35.9 Å². The fraction of sp³-hybridized carbons (Fsp3) is 0.579. The summed E-state index contributed by atoms with van der Waals surface area (Å²) in [5.74, 6) is 0.0310. The van der Waals surface area contributed by atoms with Crippen LogP contribution in [-0.2, 0) is 20.9 Å². The number of amides is 2. The van der Waals surface area contributed by atoms with Crippen LogP contribution in [0, 0.1) is 0 Å². The van der Waals surface area contributed by atoms with Gasteiger partial charge in [0, 0.05) is 32.7 Å². The molecule has 1 aliphatic heterocycles. The van der Waals surface area contributed by atoms with Crippen molar-refractivity contribution in [2.24, 2.45) is 0 Å². The van der Waals surface area contributed by atoms with E-state index in [2.05, 4.69) is 5.32 Å². The summed E-state index contributed by atoms with van der Waals surface area (Å²) in [6.07, 6.45) is 3.82. The van der Waals surface area contributed by atoms with Crippen LogP contribution in [0.5, 0.6) is 0 Å². The number of hydrogen-bond donors (Lipinski definition) is 1. The van der Waals surface area contributed by atoms with Gasteiger partial charge < -0.3 is 15.0 Å². The molecule has 5 nitrogen and oxygen atoms in total. The number of benzene rings is 1. The lowest BCUT2D eigenvalue weighted by Gasteiger charge is -2.29. The second kappa shape index (κ2) is 10.1. The fourth-order valence-electron chi connectivity index (χ4n) is 2.99. The van der Waals surface area contributed by atoms with E-state index < -0.39 is 0 Å². The number of carbonyl (C=O) groups is 2. The third-order valence-electron chi connectivity index (χ3n) is 4.28. The van der Waals surface area contributed by atoms with Crippen molar-refractivity contribution >= 4 is 11.8 Å². The molecule has 0 bridgehead atoms. The van der Waals surface area contributed by atoms with Gasteiger partial charge in [0.2, 0.25) is 11.8 Å². The van der Waals surface area contributed by atoms with Crippen molar-refractivity contribution in [3.63, 3.8) is 0 Å². The highest BCUT2D eigenvalue weighted by Gasteiger charge is 2.31. The Morgan fingerprint density at radius 3 is 2.83 bits per heavy atom. The molecule has 1 saturated heterocycles. The average molecular weight is 332 g/mol. The summed E-state index contributed by atoms with van der Waals surface area (Å²) >= 11 is 0. The number of ether oxygens (including phenoxy) is 1. The minimum atomic E-state index is -0.368. The zero-order valence-corrected chi connectivity index (χ0v) is 14.5. The van der Waals surface area contributed by atoms with Crippen molar-refractivity contribution in [2.45, 2.75) is 51.6 Å². The number of rotatable bonds is 8. The number of nitrogens with one attached hydrogen (secondary N) is 1. The summed E-state index contributed by atoms with van der Waals surface area (Å²) < 4.78 is 5.28. The van der Waals surface area contributed by atoms with Gasteiger partial charge in [0.25, 0.3) is 0 Å². The van der Waals surface area contributed by atoms with Crippen LogP contribution >= 0.6 is 0 Å². The second-order valence-corrected chi connectivity index (χ2v) is 6.11. The van der Waals surface area contributed by atoms with Crippen molar-refractivity contribution < 1.29 is 14.3 Å². The minimum absolute atomic E-state index is 0.0438. The van der Waals surface area contributed by atoms with E-state index in [4.69, 9.17) is 4.74 Å². The van der Waals surface area contributed by atoms with E-state index in [-0.39, 0.29) is 17.9 Å². The van der Waals surface area contributed by atoms with Crippen LogP contribution in [-0.4, -0.2) is 42.5 Å². The highest BCUT2D eigenvalue weighted by Crippen LogP contribution is 2.20. The molecular weight excluding hydrogens is 304 g/mol. The lowest BCUT2D eigenvalue weighted by molar-refractivity contribution is -0.140. The Labute approximate surface area is 144 Å². The second-order valence-electron chi connectivity index (χ2n) is 6.11. The Balaban J connectivity index is 1.97. The molecule has 0 spiro atoms. The van der Waals surface area contributed by atoms with Crippen LogP contribution in [0.25, 0.3) is 0 Å².